The first-order valence-corrected chi connectivity index (χ1v) is 13.6. The Bertz CT molecular complexity index is 1030. The summed E-state index contributed by atoms with van der Waals surface area (Å²) >= 11 is 0. The van der Waals surface area contributed by atoms with E-state index in [0.717, 1.165) is 69.3 Å². The van der Waals surface area contributed by atoms with Crippen molar-refractivity contribution in [1.29, 1.82) is 0 Å². The molecule has 1 heterocycles. The fourth-order valence-electron chi connectivity index (χ4n) is 4.82. The van der Waals surface area contributed by atoms with Gasteiger partial charge in [0.15, 0.2) is 0 Å². The van der Waals surface area contributed by atoms with E-state index in [-0.39, 0.29) is 11.3 Å². The van der Waals surface area contributed by atoms with Gasteiger partial charge in [-0.1, -0.05) is 87.7 Å². The molecule has 3 rings (SSSR count). The zero-order chi connectivity index (χ0) is 26.1. The van der Waals surface area contributed by atoms with Crippen molar-refractivity contribution in [3.8, 4) is 0 Å². The first-order chi connectivity index (χ1) is 17.4. The molecule has 0 radical (unpaired) electrons. The predicted octanol–water partition coefficient (Wildman–Crippen LogP) is 6.27. The molecular weight excluding hydrogens is 448 g/mol. The van der Waals surface area contributed by atoms with Gasteiger partial charge >= 0.3 is 0 Å². The topological polar surface area (TPSA) is 60.9 Å². The number of hydrogen-bond donors (Lipinski definition) is 1. The van der Waals surface area contributed by atoms with Gasteiger partial charge < -0.3 is 14.9 Å². The first kappa shape index (κ1) is 27.7. The summed E-state index contributed by atoms with van der Waals surface area (Å²) in [5.74, 6) is -1.23. The highest BCUT2D eigenvalue weighted by Gasteiger charge is 2.45. The van der Waals surface area contributed by atoms with Crippen LogP contribution in [0, 0.1) is 6.92 Å². The first-order valence-electron chi connectivity index (χ1n) is 13.6. The molecule has 0 saturated carbocycles. The summed E-state index contributed by atoms with van der Waals surface area (Å²) in [6, 6.07) is 14.9. The van der Waals surface area contributed by atoms with Crippen molar-refractivity contribution in [3.05, 3.63) is 76.4 Å². The lowest BCUT2D eigenvalue weighted by atomic mass is 9.94. The van der Waals surface area contributed by atoms with Crippen molar-refractivity contribution in [2.75, 3.05) is 26.2 Å². The standard InChI is InChI=1S/C31H42N2O3/c1-5-8-19-32(20-9-6-2)21-10-22-33-28(25-17-13-24(7-3)14-18-25)27(30(35)31(33)36)29(34)26-15-11-23(4)12-16-26/h11-18,28,34H,5-10,19-22H2,1-4H3/b29-27-. The van der Waals surface area contributed by atoms with Crippen LogP contribution in [0.2, 0.25) is 0 Å². The molecule has 36 heavy (non-hydrogen) atoms. The van der Waals surface area contributed by atoms with E-state index in [0.29, 0.717) is 12.1 Å². The SMILES string of the molecule is CCCCN(CCCC)CCCN1C(=O)C(=O)/C(=C(\O)c2ccc(C)cc2)C1c1ccc(CC)cc1. The summed E-state index contributed by atoms with van der Waals surface area (Å²) in [5.41, 5.74) is 3.85. The van der Waals surface area contributed by atoms with Gasteiger partial charge in [-0.25, -0.2) is 0 Å². The monoisotopic (exact) mass is 490 g/mol. The quantitative estimate of drug-likeness (QED) is 0.204. The summed E-state index contributed by atoms with van der Waals surface area (Å²) in [5, 5.41) is 11.2. The summed E-state index contributed by atoms with van der Waals surface area (Å²) < 4.78 is 0. The van der Waals surface area contributed by atoms with Crippen molar-refractivity contribution in [3.63, 3.8) is 0 Å². The second-order valence-corrected chi connectivity index (χ2v) is 9.86. The molecule has 1 aliphatic heterocycles. The van der Waals surface area contributed by atoms with Crippen LogP contribution in [-0.2, 0) is 16.0 Å². The number of aryl methyl sites for hydroxylation is 2. The van der Waals surface area contributed by atoms with Crippen LogP contribution < -0.4 is 0 Å². The summed E-state index contributed by atoms with van der Waals surface area (Å²) in [6.07, 6.45) is 6.33. The Morgan fingerprint density at radius 2 is 1.44 bits per heavy atom. The second kappa shape index (κ2) is 13.4. The number of likely N-dealkylation sites (tertiary alicyclic amines) is 1. The number of ketones is 1. The van der Waals surface area contributed by atoms with Gasteiger partial charge in [0, 0.05) is 12.1 Å². The van der Waals surface area contributed by atoms with E-state index in [9.17, 15) is 14.7 Å². The Kier molecular flexibility index (Phi) is 10.3. The van der Waals surface area contributed by atoms with Crippen LogP contribution in [0.5, 0.6) is 0 Å². The normalized spacial score (nSPS) is 17.4. The van der Waals surface area contributed by atoms with Crippen molar-refractivity contribution >= 4 is 17.4 Å². The molecule has 0 spiro atoms. The van der Waals surface area contributed by atoms with Gasteiger partial charge in [-0.2, -0.15) is 0 Å². The van der Waals surface area contributed by atoms with E-state index in [1.165, 1.54) is 5.56 Å². The number of amides is 1. The van der Waals surface area contributed by atoms with Gasteiger partial charge in [0.2, 0.25) is 0 Å². The number of hydrogen-bond acceptors (Lipinski definition) is 4. The largest absolute Gasteiger partial charge is 0.507 e. The van der Waals surface area contributed by atoms with Gasteiger partial charge in [-0.05, 0) is 63.4 Å². The van der Waals surface area contributed by atoms with E-state index >= 15 is 0 Å². The van der Waals surface area contributed by atoms with Gasteiger partial charge in [-0.3, -0.25) is 9.59 Å². The molecule has 2 aromatic carbocycles. The zero-order valence-electron chi connectivity index (χ0n) is 22.4. The Hall–Kier alpha value is -2.92. The molecule has 1 unspecified atom stereocenters. The Balaban J connectivity index is 1.91. The lowest BCUT2D eigenvalue weighted by Crippen LogP contribution is -2.34. The summed E-state index contributed by atoms with van der Waals surface area (Å²) in [7, 11) is 0. The lowest BCUT2D eigenvalue weighted by Gasteiger charge is -2.27. The molecule has 0 bridgehead atoms. The molecular formula is C31H42N2O3. The number of unbranched alkanes of at least 4 members (excludes halogenated alkanes) is 2. The number of Topliss-reactive ketones (excluding diaryl/α,β-unsaturated/α-hetero) is 1. The third-order valence-electron chi connectivity index (χ3n) is 7.10. The molecule has 1 saturated heterocycles. The number of carbonyl (C=O) groups excluding carboxylic acids is 2. The average molecular weight is 491 g/mol. The number of carbonyl (C=O) groups is 2. The van der Waals surface area contributed by atoms with Gasteiger partial charge in [0.1, 0.15) is 5.76 Å². The second-order valence-electron chi connectivity index (χ2n) is 9.86. The minimum Gasteiger partial charge on any atom is -0.507 e. The van der Waals surface area contributed by atoms with E-state index in [4.69, 9.17) is 0 Å². The molecule has 2 aromatic rings. The van der Waals surface area contributed by atoms with Crippen molar-refractivity contribution in [2.24, 2.45) is 0 Å². The highest BCUT2D eigenvalue weighted by Crippen LogP contribution is 2.39. The molecule has 0 aromatic heterocycles. The smallest absolute Gasteiger partial charge is 0.295 e. The molecule has 194 valence electrons. The van der Waals surface area contributed by atoms with Crippen LogP contribution in [0.4, 0.5) is 0 Å². The molecule has 1 amide bonds. The molecule has 1 aliphatic rings. The molecule has 1 N–H and O–H groups in total. The number of aliphatic hydroxyl groups is 1. The minimum atomic E-state index is -0.605. The summed E-state index contributed by atoms with van der Waals surface area (Å²) in [4.78, 5) is 30.7. The van der Waals surface area contributed by atoms with Crippen LogP contribution in [0.25, 0.3) is 5.76 Å². The maximum absolute atomic E-state index is 13.3. The highest BCUT2D eigenvalue weighted by molar-refractivity contribution is 6.46. The van der Waals surface area contributed by atoms with Crippen molar-refractivity contribution in [2.45, 2.75) is 72.3 Å². The number of nitrogens with zero attached hydrogens (tertiary/aromatic N) is 2. The van der Waals surface area contributed by atoms with Gasteiger partial charge in [0.25, 0.3) is 11.7 Å². The van der Waals surface area contributed by atoms with Gasteiger partial charge in [-0.15, -0.1) is 0 Å². The van der Waals surface area contributed by atoms with Crippen LogP contribution >= 0.6 is 0 Å². The van der Waals surface area contributed by atoms with Crippen LogP contribution in [-0.4, -0.2) is 52.8 Å². The third-order valence-corrected chi connectivity index (χ3v) is 7.10. The summed E-state index contributed by atoms with van der Waals surface area (Å²) in [6.45, 7) is 12.0. The number of rotatable bonds is 13. The van der Waals surface area contributed by atoms with Crippen LogP contribution in [0.15, 0.2) is 54.1 Å². The van der Waals surface area contributed by atoms with E-state index in [1.54, 1.807) is 17.0 Å². The molecule has 5 nitrogen and oxygen atoms in total. The van der Waals surface area contributed by atoms with Gasteiger partial charge in [0.05, 0.1) is 11.6 Å². The Labute approximate surface area is 216 Å². The molecule has 1 atom stereocenters. The predicted molar refractivity (Wildman–Crippen MR) is 147 cm³/mol. The number of benzene rings is 2. The van der Waals surface area contributed by atoms with Crippen LogP contribution in [0.3, 0.4) is 0 Å². The van der Waals surface area contributed by atoms with E-state index in [2.05, 4.69) is 25.7 Å². The van der Waals surface area contributed by atoms with Crippen LogP contribution in [0.1, 0.15) is 81.2 Å². The lowest BCUT2D eigenvalue weighted by molar-refractivity contribution is -0.140. The maximum atomic E-state index is 13.3. The fraction of sp³-hybridized carbons (Fsp3) is 0.484. The zero-order valence-corrected chi connectivity index (χ0v) is 22.4. The van der Waals surface area contributed by atoms with E-state index < -0.39 is 17.7 Å². The van der Waals surface area contributed by atoms with E-state index in [1.807, 2.05) is 43.3 Å². The third kappa shape index (κ3) is 6.64. The maximum Gasteiger partial charge on any atom is 0.295 e. The average Bonchev–Trinajstić information content (AvgIpc) is 3.15. The molecule has 5 heteroatoms. The Morgan fingerprint density at radius 1 is 0.861 bits per heavy atom. The highest BCUT2D eigenvalue weighted by atomic mass is 16.3. The number of aliphatic hydroxyl groups excluding tert-OH is 1. The fourth-order valence-corrected chi connectivity index (χ4v) is 4.82. The molecule has 1 fully saturated rings. The Morgan fingerprint density at radius 3 is 2.00 bits per heavy atom. The van der Waals surface area contributed by atoms with Crippen molar-refractivity contribution in [1.82, 2.24) is 9.80 Å². The minimum absolute atomic E-state index is 0.104. The van der Waals surface area contributed by atoms with Crippen molar-refractivity contribution < 1.29 is 14.7 Å². The molecule has 0 aliphatic carbocycles.